The third-order valence-electron chi connectivity index (χ3n) is 2.75. The highest BCUT2D eigenvalue weighted by Gasteiger charge is 2.09. The Kier molecular flexibility index (Phi) is 7.13. The smallest absolute Gasteiger partial charge is 0.319 e. The van der Waals surface area contributed by atoms with Gasteiger partial charge in [-0.3, -0.25) is 4.79 Å². The lowest BCUT2D eigenvalue weighted by Crippen LogP contribution is -2.39. The Labute approximate surface area is 118 Å². The first-order valence-electron chi connectivity index (χ1n) is 6.65. The van der Waals surface area contributed by atoms with Gasteiger partial charge in [0.2, 0.25) is 5.91 Å². The normalized spacial score (nSPS) is 11.5. The number of benzene rings is 1. The number of hydrogen-bond donors (Lipinski definition) is 4. The predicted octanol–water partition coefficient (Wildman–Crippen LogP) is 1.09. The minimum absolute atomic E-state index is 0.0792. The summed E-state index contributed by atoms with van der Waals surface area (Å²) in [5, 5.41) is 16.9. The molecule has 0 bridgehead atoms. The fourth-order valence-corrected chi connectivity index (χ4v) is 1.56. The Bertz CT molecular complexity index is 419. The molecule has 0 aliphatic heterocycles. The molecule has 110 valence electrons. The zero-order chi connectivity index (χ0) is 14.8. The van der Waals surface area contributed by atoms with Crippen LogP contribution >= 0.6 is 0 Å². The van der Waals surface area contributed by atoms with E-state index in [1.165, 1.54) is 0 Å². The van der Waals surface area contributed by atoms with Crippen LogP contribution in [0.3, 0.4) is 0 Å². The SMILES string of the molecule is CC[C@H](CO)NC(=O)CCNC(=O)Nc1ccccc1. The van der Waals surface area contributed by atoms with Crippen molar-refractivity contribution in [2.75, 3.05) is 18.5 Å². The second-order valence-corrected chi connectivity index (χ2v) is 4.35. The number of amides is 3. The zero-order valence-electron chi connectivity index (χ0n) is 11.6. The fraction of sp³-hybridized carbons (Fsp3) is 0.429. The Morgan fingerprint density at radius 1 is 1.25 bits per heavy atom. The van der Waals surface area contributed by atoms with Gasteiger partial charge in [0.15, 0.2) is 0 Å². The number of carbonyl (C=O) groups excluding carboxylic acids is 2. The molecule has 0 saturated carbocycles. The number of rotatable bonds is 7. The van der Waals surface area contributed by atoms with E-state index in [0.717, 1.165) is 0 Å². The van der Waals surface area contributed by atoms with E-state index < -0.39 is 0 Å². The van der Waals surface area contributed by atoms with Crippen molar-refractivity contribution in [3.63, 3.8) is 0 Å². The average molecular weight is 279 g/mol. The minimum Gasteiger partial charge on any atom is -0.394 e. The van der Waals surface area contributed by atoms with E-state index in [4.69, 9.17) is 5.11 Å². The van der Waals surface area contributed by atoms with Crippen LogP contribution in [0.4, 0.5) is 10.5 Å². The first kappa shape index (κ1) is 16.0. The van der Waals surface area contributed by atoms with Crippen LogP contribution in [0.5, 0.6) is 0 Å². The van der Waals surface area contributed by atoms with Gasteiger partial charge in [-0.15, -0.1) is 0 Å². The van der Waals surface area contributed by atoms with Gasteiger partial charge < -0.3 is 21.1 Å². The predicted molar refractivity (Wildman–Crippen MR) is 77.4 cm³/mol. The molecular weight excluding hydrogens is 258 g/mol. The van der Waals surface area contributed by atoms with Crippen molar-refractivity contribution in [1.82, 2.24) is 10.6 Å². The maximum Gasteiger partial charge on any atom is 0.319 e. The monoisotopic (exact) mass is 279 g/mol. The summed E-state index contributed by atoms with van der Waals surface area (Å²) in [6, 6.07) is 8.49. The van der Waals surface area contributed by atoms with E-state index in [-0.39, 0.29) is 37.6 Å². The van der Waals surface area contributed by atoms with Gasteiger partial charge in [-0.05, 0) is 18.6 Å². The maximum atomic E-state index is 11.5. The third-order valence-corrected chi connectivity index (χ3v) is 2.75. The lowest BCUT2D eigenvalue weighted by Gasteiger charge is -2.14. The van der Waals surface area contributed by atoms with Crippen LogP contribution in [0.2, 0.25) is 0 Å². The fourth-order valence-electron chi connectivity index (χ4n) is 1.56. The number of urea groups is 1. The molecule has 0 saturated heterocycles. The molecule has 0 aromatic heterocycles. The van der Waals surface area contributed by atoms with Crippen molar-refractivity contribution in [1.29, 1.82) is 0 Å². The topological polar surface area (TPSA) is 90.5 Å². The van der Waals surface area contributed by atoms with Crippen molar-refractivity contribution in [3.8, 4) is 0 Å². The Morgan fingerprint density at radius 3 is 2.55 bits per heavy atom. The molecule has 1 aromatic carbocycles. The number of nitrogens with one attached hydrogen (secondary N) is 3. The number of anilines is 1. The van der Waals surface area contributed by atoms with E-state index in [1.807, 2.05) is 25.1 Å². The van der Waals surface area contributed by atoms with Crippen LogP contribution < -0.4 is 16.0 Å². The molecule has 0 aliphatic rings. The Morgan fingerprint density at radius 2 is 1.95 bits per heavy atom. The second kappa shape index (κ2) is 8.92. The van der Waals surface area contributed by atoms with Gasteiger partial charge in [0.25, 0.3) is 0 Å². The summed E-state index contributed by atoms with van der Waals surface area (Å²) in [5.41, 5.74) is 0.695. The van der Waals surface area contributed by atoms with Crippen LogP contribution in [0, 0.1) is 0 Å². The highest BCUT2D eigenvalue weighted by molar-refractivity contribution is 5.89. The Hall–Kier alpha value is -2.08. The van der Waals surface area contributed by atoms with Crippen LogP contribution in [0.25, 0.3) is 0 Å². The molecule has 0 aliphatic carbocycles. The van der Waals surface area contributed by atoms with Crippen LogP contribution in [0.1, 0.15) is 19.8 Å². The number of aliphatic hydroxyl groups excluding tert-OH is 1. The lowest BCUT2D eigenvalue weighted by molar-refractivity contribution is -0.122. The maximum absolute atomic E-state index is 11.5. The van der Waals surface area contributed by atoms with Gasteiger partial charge in [0, 0.05) is 18.7 Å². The van der Waals surface area contributed by atoms with Crippen molar-refractivity contribution in [3.05, 3.63) is 30.3 Å². The highest BCUT2D eigenvalue weighted by atomic mass is 16.3. The van der Waals surface area contributed by atoms with E-state index in [2.05, 4.69) is 16.0 Å². The van der Waals surface area contributed by atoms with Gasteiger partial charge in [0.05, 0.1) is 12.6 Å². The minimum atomic E-state index is -0.349. The lowest BCUT2D eigenvalue weighted by atomic mass is 10.2. The molecule has 6 heteroatoms. The molecule has 1 aromatic rings. The highest BCUT2D eigenvalue weighted by Crippen LogP contribution is 2.03. The molecule has 6 nitrogen and oxygen atoms in total. The third kappa shape index (κ3) is 6.19. The summed E-state index contributed by atoms with van der Waals surface area (Å²) in [4.78, 5) is 23.1. The number of carbonyl (C=O) groups is 2. The molecular formula is C14H21N3O3. The van der Waals surface area contributed by atoms with Crippen LogP contribution in [-0.2, 0) is 4.79 Å². The Balaban J connectivity index is 2.20. The molecule has 0 radical (unpaired) electrons. The first-order valence-corrected chi connectivity index (χ1v) is 6.65. The molecule has 1 rings (SSSR count). The molecule has 0 spiro atoms. The summed E-state index contributed by atoms with van der Waals surface area (Å²) < 4.78 is 0. The van der Waals surface area contributed by atoms with E-state index >= 15 is 0 Å². The summed E-state index contributed by atoms with van der Waals surface area (Å²) >= 11 is 0. The number of aliphatic hydroxyl groups is 1. The van der Waals surface area contributed by atoms with E-state index in [0.29, 0.717) is 12.1 Å². The van der Waals surface area contributed by atoms with Crippen LogP contribution in [-0.4, -0.2) is 36.2 Å². The summed E-state index contributed by atoms with van der Waals surface area (Å²) in [6.45, 7) is 2.04. The standard InChI is InChI=1S/C14H21N3O3/c1-2-11(10-18)16-13(19)8-9-15-14(20)17-12-6-4-3-5-7-12/h3-7,11,18H,2,8-10H2,1H3,(H,16,19)(H2,15,17,20)/t11-/m1/s1. The van der Waals surface area contributed by atoms with Crippen molar-refractivity contribution >= 4 is 17.6 Å². The second-order valence-electron chi connectivity index (χ2n) is 4.35. The molecule has 3 amide bonds. The zero-order valence-corrected chi connectivity index (χ0v) is 11.6. The number of hydrogen-bond acceptors (Lipinski definition) is 3. The molecule has 0 unspecified atom stereocenters. The molecule has 1 atom stereocenters. The summed E-state index contributed by atoms with van der Waals surface area (Å²) in [5.74, 6) is -0.189. The van der Waals surface area contributed by atoms with Crippen molar-refractivity contribution in [2.24, 2.45) is 0 Å². The number of para-hydroxylation sites is 1. The van der Waals surface area contributed by atoms with Crippen molar-refractivity contribution in [2.45, 2.75) is 25.8 Å². The quantitative estimate of drug-likeness (QED) is 0.602. The average Bonchev–Trinajstić information content (AvgIpc) is 2.45. The largest absolute Gasteiger partial charge is 0.394 e. The van der Waals surface area contributed by atoms with Gasteiger partial charge in [-0.1, -0.05) is 25.1 Å². The van der Waals surface area contributed by atoms with Gasteiger partial charge >= 0.3 is 6.03 Å². The molecule has 4 N–H and O–H groups in total. The van der Waals surface area contributed by atoms with Gasteiger partial charge in [-0.25, -0.2) is 4.79 Å². The van der Waals surface area contributed by atoms with Crippen LogP contribution in [0.15, 0.2) is 30.3 Å². The van der Waals surface area contributed by atoms with E-state index in [1.54, 1.807) is 12.1 Å². The van der Waals surface area contributed by atoms with E-state index in [9.17, 15) is 9.59 Å². The summed E-state index contributed by atoms with van der Waals surface area (Å²) in [6.07, 6.45) is 0.850. The molecule has 0 heterocycles. The van der Waals surface area contributed by atoms with Gasteiger partial charge in [-0.2, -0.15) is 0 Å². The molecule has 20 heavy (non-hydrogen) atoms. The van der Waals surface area contributed by atoms with Gasteiger partial charge in [0.1, 0.15) is 0 Å². The molecule has 0 fully saturated rings. The first-order chi connectivity index (χ1) is 9.65. The van der Waals surface area contributed by atoms with Crippen molar-refractivity contribution < 1.29 is 14.7 Å². The summed E-state index contributed by atoms with van der Waals surface area (Å²) in [7, 11) is 0.